The van der Waals surface area contributed by atoms with Gasteiger partial charge in [-0.25, -0.2) is 4.31 Å². The molecule has 1 nitrogen and oxygen atoms in total. The normalized spacial score (nSPS) is 18.3. The number of hydrogen-bond acceptors (Lipinski definition) is 2. The monoisotopic (exact) mass is 237 g/mol. The van der Waals surface area contributed by atoms with Gasteiger partial charge in [-0.05, 0) is 36.9 Å². The summed E-state index contributed by atoms with van der Waals surface area (Å²) in [5, 5.41) is 0. The molecule has 0 saturated heterocycles. The van der Waals surface area contributed by atoms with Crippen molar-refractivity contribution in [2.24, 2.45) is 5.92 Å². The third-order valence-corrected chi connectivity index (χ3v) is 2.83. The largest absolute Gasteiger partial charge is 0.249 e. The summed E-state index contributed by atoms with van der Waals surface area (Å²) < 4.78 is 2.01. The molecule has 1 aromatic carbocycles. The van der Waals surface area contributed by atoms with Crippen molar-refractivity contribution >= 4 is 12.8 Å². The van der Waals surface area contributed by atoms with Gasteiger partial charge in [0.1, 0.15) is 0 Å². The lowest BCUT2D eigenvalue weighted by molar-refractivity contribution is 0.424. The van der Waals surface area contributed by atoms with Crippen molar-refractivity contribution in [1.29, 1.82) is 0 Å². The van der Waals surface area contributed by atoms with E-state index in [0.717, 1.165) is 5.92 Å². The van der Waals surface area contributed by atoms with E-state index in [0.29, 0.717) is 6.04 Å². The van der Waals surface area contributed by atoms with Gasteiger partial charge in [-0.3, -0.25) is 0 Å². The topological polar surface area (TPSA) is 3.24 Å². The fourth-order valence-electron chi connectivity index (χ4n) is 1.92. The molecule has 90 valence electrons. The van der Waals surface area contributed by atoms with Crippen LogP contribution in [0.25, 0.3) is 0 Å². The van der Waals surface area contributed by atoms with E-state index in [4.69, 9.17) is 0 Å². The molecule has 1 aromatic rings. The second kappa shape index (κ2) is 6.31. The van der Waals surface area contributed by atoms with Gasteiger partial charge in [0.25, 0.3) is 0 Å². The zero-order valence-corrected chi connectivity index (χ0v) is 11.7. The smallest absolute Gasteiger partial charge is 0.0452 e. The van der Waals surface area contributed by atoms with E-state index in [2.05, 4.69) is 57.9 Å². The summed E-state index contributed by atoms with van der Waals surface area (Å²) in [5.41, 5.74) is 2.94. The van der Waals surface area contributed by atoms with Crippen LogP contribution in [0.1, 0.15) is 44.4 Å². The molecule has 1 atom stereocenters. The van der Waals surface area contributed by atoms with E-state index in [1.54, 1.807) is 0 Å². The van der Waals surface area contributed by atoms with E-state index in [1.165, 1.54) is 24.0 Å². The van der Waals surface area contributed by atoms with Gasteiger partial charge < -0.3 is 0 Å². The number of benzene rings is 1. The molecule has 0 saturated carbocycles. The highest BCUT2D eigenvalue weighted by atomic mass is 32.1. The molecule has 0 heterocycles. The Morgan fingerprint density at radius 3 is 2.38 bits per heavy atom. The Morgan fingerprint density at radius 2 is 1.81 bits per heavy atom. The minimum absolute atomic E-state index is 0.518. The Labute approximate surface area is 105 Å². The van der Waals surface area contributed by atoms with Gasteiger partial charge in [0.15, 0.2) is 0 Å². The molecule has 0 spiro atoms. The average Bonchev–Trinajstić information content (AvgIpc) is 2.59. The van der Waals surface area contributed by atoms with E-state index >= 15 is 0 Å². The average molecular weight is 237 g/mol. The highest BCUT2D eigenvalue weighted by molar-refractivity contribution is 7.77. The summed E-state index contributed by atoms with van der Waals surface area (Å²) in [5.74, 6) is 0.833. The molecule has 2 rings (SSSR count). The SMILES string of the molecule is CC(C)C.CN(S)C1CCc2ccccc21. The molecule has 1 aliphatic carbocycles. The summed E-state index contributed by atoms with van der Waals surface area (Å²) in [6.07, 6.45) is 2.41. The summed E-state index contributed by atoms with van der Waals surface area (Å²) in [6.45, 7) is 6.50. The Kier molecular flexibility index (Phi) is 5.36. The van der Waals surface area contributed by atoms with Crippen molar-refractivity contribution in [3.05, 3.63) is 35.4 Å². The fraction of sp³-hybridized carbons (Fsp3) is 0.571. The van der Waals surface area contributed by atoms with Crippen LogP contribution in [-0.4, -0.2) is 11.4 Å². The lowest BCUT2D eigenvalue weighted by atomic mass is 10.1. The van der Waals surface area contributed by atoms with Crippen LogP contribution < -0.4 is 0 Å². The van der Waals surface area contributed by atoms with Gasteiger partial charge in [0.05, 0.1) is 0 Å². The Balaban J connectivity index is 0.000000280. The quantitative estimate of drug-likeness (QED) is 0.719. The lowest BCUT2D eigenvalue weighted by Crippen LogP contribution is -2.11. The van der Waals surface area contributed by atoms with Gasteiger partial charge in [-0.2, -0.15) is 0 Å². The molecular weight excluding hydrogens is 214 g/mol. The maximum absolute atomic E-state index is 4.35. The summed E-state index contributed by atoms with van der Waals surface area (Å²) in [6, 6.07) is 9.16. The van der Waals surface area contributed by atoms with Crippen molar-refractivity contribution in [3.8, 4) is 0 Å². The minimum Gasteiger partial charge on any atom is -0.249 e. The van der Waals surface area contributed by atoms with Crippen molar-refractivity contribution < 1.29 is 0 Å². The number of aryl methyl sites for hydroxylation is 1. The predicted octanol–water partition coefficient (Wildman–Crippen LogP) is 4.11. The maximum Gasteiger partial charge on any atom is 0.0452 e. The van der Waals surface area contributed by atoms with Gasteiger partial charge in [-0.15, -0.1) is 0 Å². The third-order valence-electron chi connectivity index (χ3n) is 2.55. The fourth-order valence-corrected chi connectivity index (χ4v) is 2.16. The standard InChI is InChI=1S/C10H13NS.C4H10/c1-11(12)10-7-6-8-4-2-3-5-9(8)10;1-4(2)3/h2-5,10,12H,6-7H2,1H3;4H,1-3H3. The molecule has 2 heteroatoms. The van der Waals surface area contributed by atoms with Crippen molar-refractivity contribution in [3.63, 3.8) is 0 Å². The first-order chi connectivity index (χ1) is 7.52. The molecule has 0 aromatic heterocycles. The lowest BCUT2D eigenvalue weighted by Gasteiger charge is -2.18. The van der Waals surface area contributed by atoms with Crippen LogP contribution >= 0.6 is 12.8 Å². The van der Waals surface area contributed by atoms with E-state index in [-0.39, 0.29) is 0 Å². The van der Waals surface area contributed by atoms with Crippen LogP contribution in [0.5, 0.6) is 0 Å². The van der Waals surface area contributed by atoms with E-state index in [1.807, 2.05) is 11.4 Å². The van der Waals surface area contributed by atoms with Gasteiger partial charge >= 0.3 is 0 Å². The number of nitrogens with zero attached hydrogens (tertiary/aromatic N) is 1. The van der Waals surface area contributed by atoms with Crippen LogP contribution in [-0.2, 0) is 6.42 Å². The van der Waals surface area contributed by atoms with Gasteiger partial charge in [0, 0.05) is 6.04 Å². The maximum atomic E-state index is 4.35. The van der Waals surface area contributed by atoms with E-state index in [9.17, 15) is 0 Å². The number of fused-ring (bicyclic) bond motifs is 1. The van der Waals surface area contributed by atoms with Crippen molar-refractivity contribution in [1.82, 2.24) is 4.31 Å². The Hall–Kier alpha value is -0.470. The zero-order valence-electron chi connectivity index (χ0n) is 10.8. The summed E-state index contributed by atoms with van der Waals surface area (Å²) in [7, 11) is 2.02. The number of rotatable bonds is 1. The van der Waals surface area contributed by atoms with Gasteiger partial charge in [0.2, 0.25) is 0 Å². The first-order valence-electron chi connectivity index (χ1n) is 6.02. The molecule has 0 radical (unpaired) electrons. The number of thiol groups is 1. The molecule has 0 aliphatic heterocycles. The molecular formula is C14H23NS. The highest BCUT2D eigenvalue weighted by Crippen LogP contribution is 2.35. The van der Waals surface area contributed by atoms with Crippen molar-refractivity contribution in [2.45, 2.75) is 39.7 Å². The summed E-state index contributed by atoms with van der Waals surface area (Å²) in [4.78, 5) is 0. The first kappa shape index (κ1) is 13.6. The summed E-state index contributed by atoms with van der Waals surface area (Å²) >= 11 is 4.35. The Bertz CT molecular complexity index is 318. The van der Waals surface area contributed by atoms with Crippen LogP contribution in [0, 0.1) is 5.92 Å². The molecule has 1 aliphatic rings. The second-order valence-corrected chi connectivity index (χ2v) is 5.69. The predicted molar refractivity (Wildman–Crippen MR) is 74.8 cm³/mol. The van der Waals surface area contributed by atoms with Crippen LogP contribution in [0.15, 0.2) is 24.3 Å². The third kappa shape index (κ3) is 3.84. The Morgan fingerprint density at radius 1 is 1.25 bits per heavy atom. The highest BCUT2D eigenvalue weighted by Gasteiger charge is 2.23. The molecule has 0 amide bonds. The van der Waals surface area contributed by atoms with E-state index < -0.39 is 0 Å². The van der Waals surface area contributed by atoms with Gasteiger partial charge in [-0.1, -0.05) is 57.9 Å². The molecule has 1 unspecified atom stereocenters. The number of hydrogen-bond donors (Lipinski definition) is 1. The molecule has 0 N–H and O–H groups in total. The minimum atomic E-state index is 0.518. The zero-order chi connectivity index (χ0) is 12.1. The molecule has 16 heavy (non-hydrogen) atoms. The van der Waals surface area contributed by atoms with Crippen molar-refractivity contribution in [2.75, 3.05) is 7.05 Å². The van der Waals surface area contributed by atoms with Crippen LogP contribution in [0.3, 0.4) is 0 Å². The van der Waals surface area contributed by atoms with Crippen LogP contribution in [0.4, 0.5) is 0 Å². The molecule has 0 fully saturated rings. The molecule has 0 bridgehead atoms. The second-order valence-electron chi connectivity index (χ2n) is 5.06. The van der Waals surface area contributed by atoms with Crippen LogP contribution in [0.2, 0.25) is 0 Å². The first-order valence-corrected chi connectivity index (χ1v) is 6.42.